The minimum absolute atomic E-state index is 0.101. The van der Waals surface area contributed by atoms with Gasteiger partial charge in [-0.25, -0.2) is 4.79 Å². The Balaban J connectivity index is 2.40. The summed E-state index contributed by atoms with van der Waals surface area (Å²) in [6.45, 7) is 1.88. The molecule has 0 atom stereocenters. The standard InChI is InChI=1S/C16H13NO4/c1-10-3-5-13(12(7-10)9-17)21-14-6-4-11(16(18)19)8-15(14)20-2/h3-8H,1-2H3,(H,18,19). The van der Waals surface area contributed by atoms with E-state index in [0.29, 0.717) is 22.8 Å². The summed E-state index contributed by atoms with van der Waals surface area (Å²) < 4.78 is 10.8. The van der Waals surface area contributed by atoms with Gasteiger partial charge in [-0.2, -0.15) is 5.26 Å². The van der Waals surface area contributed by atoms with Crippen LogP contribution in [0.15, 0.2) is 36.4 Å². The van der Waals surface area contributed by atoms with Crippen molar-refractivity contribution in [1.29, 1.82) is 5.26 Å². The molecular weight excluding hydrogens is 270 g/mol. The molecule has 0 spiro atoms. The highest BCUT2D eigenvalue weighted by Crippen LogP contribution is 2.34. The van der Waals surface area contributed by atoms with Gasteiger partial charge >= 0.3 is 5.97 Å². The maximum Gasteiger partial charge on any atom is 0.335 e. The number of carboxylic acid groups (broad SMARTS) is 1. The number of rotatable bonds is 4. The summed E-state index contributed by atoms with van der Waals surface area (Å²) in [6.07, 6.45) is 0. The number of carboxylic acids is 1. The van der Waals surface area contributed by atoms with Crippen molar-refractivity contribution in [3.8, 4) is 23.3 Å². The second-order valence-corrected chi connectivity index (χ2v) is 4.38. The lowest BCUT2D eigenvalue weighted by Crippen LogP contribution is -1.98. The molecule has 0 aliphatic rings. The van der Waals surface area contributed by atoms with Crippen LogP contribution in [0.1, 0.15) is 21.5 Å². The van der Waals surface area contributed by atoms with Gasteiger partial charge in [0.1, 0.15) is 11.8 Å². The van der Waals surface area contributed by atoms with Gasteiger partial charge in [0.2, 0.25) is 0 Å². The normalized spacial score (nSPS) is 9.76. The monoisotopic (exact) mass is 283 g/mol. The van der Waals surface area contributed by atoms with Gasteiger partial charge in [0.25, 0.3) is 0 Å². The number of aromatic carboxylic acids is 1. The summed E-state index contributed by atoms with van der Waals surface area (Å²) in [5, 5.41) is 18.1. The number of benzene rings is 2. The van der Waals surface area contributed by atoms with Crippen LogP contribution >= 0.6 is 0 Å². The molecule has 0 aliphatic heterocycles. The van der Waals surface area contributed by atoms with Crippen LogP contribution in [0.5, 0.6) is 17.2 Å². The Bertz CT molecular complexity index is 732. The zero-order valence-corrected chi connectivity index (χ0v) is 11.6. The summed E-state index contributed by atoms with van der Waals surface area (Å²) in [6, 6.07) is 11.6. The molecule has 2 aromatic carbocycles. The van der Waals surface area contributed by atoms with E-state index in [1.54, 1.807) is 12.1 Å². The Morgan fingerprint density at radius 2 is 1.86 bits per heavy atom. The van der Waals surface area contributed by atoms with Crippen LogP contribution in [-0.2, 0) is 0 Å². The highest BCUT2D eigenvalue weighted by molar-refractivity contribution is 5.88. The number of hydrogen-bond donors (Lipinski definition) is 1. The van der Waals surface area contributed by atoms with Crippen LogP contribution in [0, 0.1) is 18.3 Å². The fourth-order valence-corrected chi connectivity index (χ4v) is 1.82. The van der Waals surface area contributed by atoms with E-state index in [1.165, 1.54) is 25.3 Å². The van der Waals surface area contributed by atoms with Crippen molar-refractivity contribution in [2.45, 2.75) is 6.92 Å². The van der Waals surface area contributed by atoms with E-state index in [0.717, 1.165) is 5.56 Å². The highest BCUT2D eigenvalue weighted by Gasteiger charge is 2.12. The van der Waals surface area contributed by atoms with Crippen LogP contribution in [0.4, 0.5) is 0 Å². The lowest BCUT2D eigenvalue weighted by molar-refractivity contribution is 0.0696. The Kier molecular flexibility index (Phi) is 4.10. The number of aryl methyl sites for hydroxylation is 1. The van der Waals surface area contributed by atoms with E-state index in [-0.39, 0.29) is 5.56 Å². The first-order chi connectivity index (χ1) is 10.0. The predicted octanol–water partition coefficient (Wildman–Crippen LogP) is 3.37. The van der Waals surface area contributed by atoms with Gasteiger partial charge in [0.05, 0.1) is 18.2 Å². The van der Waals surface area contributed by atoms with Gasteiger partial charge in [-0.1, -0.05) is 6.07 Å². The summed E-state index contributed by atoms with van der Waals surface area (Å²) in [7, 11) is 1.42. The van der Waals surface area contributed by atoms with Crippen molar-refractivity contribution >= 4 is 5.97 Å². The van der Waals surface area contributed by atoms with E-state index in [4.69, 9.17) is 19.8 Å². The van der Waals surface area contributed by atoms with Gasteiger partial charge in [-0.3, -0.25) is 0 Å². The van der Waals surface area contributed by atoms with Crippen LogP contribution < -0.4 is 9.47 Å². The zero-order chi connectivity index (χ0) is 15.4. The molecule has 0 unspecified atom stereocenters. The van der Waals surface area contributed by atoms with Gasteiger partial charge < -0.3 is 14.6 Å². The van der Waals surface area contributed by atoms with Gasteiger partial charge in [-0.15, -0.1) is 0 Å². The van der Waals surface area contributed by atoms with Crippen molar-refractivity contribution in [3.05, 3.63) is 53.1 Å². The third-order valence-electron chi connectivity index (χ3n) is 2.89. The van der Waals surface area contributed by atoms with Crippen molar-refractivity contribution in [3.63, 3.8) is 0 Å². The van der Waals surface area contributed by atoms with Crippen molar-refractivity contribution in [1.82, 2.24) is 0 Å². The maximum absolute atomic E-state index is 10.9. The molecule has 2 rings (SSSR count). The highest BCUT2D eigenvalue weighted by atomic mass is 16.5. The SMILES string of the molecule is COc1cc(C(=O)O)ccc1Oc1ccc(C)cc1C#N. The Morgan fingerprint density at radius 3 is 2.48 bits per heavy atom. The molecule has 21 heavy (non-hydrogen) atoms. The van der Waals surface area contributed by atoms with E-state index in [1.807, 2.05) is 13.0 Å². The maximum atomic E-state index is 10.9. The molecule has 0 heterocycles. The molecule has 0 radical (unpaired) electrons. The summed E-state index contributed by atoms with van der Waals surface area (Å²) >= 11 is 0. The fourth-order valence-electron chi connectivity index (χ4n) is 1.82. The molecule has 0 aromatic heterocycles. The van der Waals surface area contributed by atoms with Gasteiger partial charge in [0.15, 0.2) is 11.5 Å². The summed E-state index contributed by atoms with van der Waals surface area (Å²) in [5.41, 5.74) is 1.45. The molecule has 0 bridgehead atoms. The molecule has 0 aliphatic carbocycles. The fraction of sp³-hybridized carbons (Fsp3) is 0.125. The summed E-state index contributed by atoms with van der Waals surface area (Å²) in [4.78, 5) is 10.9. The number of methoxy groups -OCH3 is 1. The zero-order valence-electron chi connectivity index (χ0n) is 11.6. The van der Waals surface area contributed by atoms with E-state index < -0.39 is 5.97 Å². The minimum Gasteiger partial charge on any atom is -0.493 e. The molecule has 0 amide bonds. The third-order valence-corrected chi connectivity index (χ3v) is 2.89. The molecule has 5 heteroatoms. The smallest absolute Gasteiger partial charge is 0.335 e. The second-order valence-electron chi connectivity index (χ2n) is 4.38. The molecular formula is C16H13NO4. The Hall–Kier alpha value is -3.00. The first kappa shape index (κ1) is 14.4. The van der Waals surface area contributed by atoms with Crippen LogP contribution in [0.25, 0.3) is 0 Å². The summed E-state index contributed by atoms with van der Waals surface area (Å²) in [5.74, 6) is -0.0143. The largest absolute Gasteiger partial charge is 0.493 e. The average Bonchev–Trinajstić information content (AvgIpc) is 2.49. The number of nitriles is 1. The minimum atomic E-state index is -1.05. The number of ether oxygens (including phenoxy) is 2. The molecule has 5 nitrogen and oxygen atoms in total. The first-order valence-corrected chi connectivity index (χ1v) is 6.15. The molecule has 0 saturated carbocycles. The van der Waals surface area contributed by atoms with Crippen molar-refractivity contribution in [2.24, 2.45) is 0 Å². The molecule has 0 fully saturated rings. The van der Waals surface area contributed by atoms with Crippen molar-refractivity contribution < 1.29 is 19.4 Å². The van der Waals surface area contributed by atoms with Gasteiger partial charge in [0, 0.05) is 0 Å². The van der Waals surface area contributed by atoms with E-state index in [9.17, 15) is 4.79 Å². The lowest BCUT2D eigenvalue weighted by Gasteiger charge is -2.12. The van der Waals surface area contributed by atoms with Crippen molar-refractivity contribution in [2.75, 3.05) is 7.11 Å². The number of carbonyl (C=O) groups is 1. The number of nitrogens with zero attached hydrogens (tertiary/aromatic N) is 1. The van der Waals surface area contributed by atoms with E-state index >= 15 is 0 Å². The van der Waals surface area contributed by atoms with E-state index in [2.05, 4.69) is 6.07 Å². The molecule has 2 aromatic rings. The van der Waals surface area contributed by atoms with Gasteiger partial charge in [-0.05, 0) is 42.8 Å². The topological polar surface area (TPSA) is 79.6 Å². The Morgan fingerprint density at radius 1 is 1.14 bits per heavy atom. The van der Waals surface area contributed by atoms with Crippen LogP contribution in [0.2, 0.25) is 0 Å². The predicted molar refractivity (Wildman–Crippen MR) is 75.9 cm³/mol. The third kappa shape index (κ3) is 3.12. The lowest BCUT2D eigenvalue weighted by atomic mass is 10.1. The average molecular weight is 283 g/mol. The first-order valence-electron chi connectivity index (χ1n) is 6.15. The van der Waals surface area contributed by atoms with Crippen LogP contribution in [-0.4, -0.2) is 18.2 Å². The molecule has 0 saturated heterocycles. The Labute approximate surface area is 122 Å². The second kappa shape index (κ2) is 5.97. The molecule has 1 N–H and O–H groups in total. The quantitative estimate of drug-likeness (QED) is 0.930. The molecule has 106 valence electrons. The number of hydrogen-bond acceptors (Lipinski definition) is 4. The van der Waals surface area contributed by atoms with Crippen LogP contribution in [0.3, 0.4) is 0 Å².